The van der Waals surface area contributed by atoms with Crippen molar-refractivity contribution in [2.24, 2.45) is 0 Å². The molecule has 0 saturated heterocycles. The van der Waals surface area contributed by atoms with Gasteiger partial charge in [-0.05, 0) is 24.6 Å². The summed E-state index contributed by atoms with van der Waals surface area (Å²) in [5, 5.41) is 7.98. The topological polar surface area (TPSA) is 67.0 Å². The Morgan fingerprint density at radius 2 is 1.78 bits per heavy atom. The maximum Gasteiger partial charge on any atom is 0.433 e. The average Bonchev–Trinajstić information content (AvgIpc) is 3.06. The number of aryl methyl sites for hydroxylation is 1. The number of H-pyrrole nitrogens is 1. The normalized spacial score (nSPS) is 11.3. The third kappa shape index (κ3) is 4.46. The fourth-order valence-corrected chi connectivity index (χ4v) is 2.47. The Hall–Kier alpha value is -3.29. The Morgan fingerprint density at radius 3 is 2.41 bits per heavy atom. The number of amides is 1. The third-order valence-corrected chi connectivity index (χ3v) is 3.76. The highest BCUT2D eigenvalue weighted by atomic mass is 19.4. The largest absolute Gasteiger partial charge is 0.484 e. The van der Waals surface area contributed by atoms with Gasteiger partial charge in [-0.25, -0.2) is 0 Å². The number of aromatic nitrogens is 2. The molecule has 0 radical (unpaired) electrons. The number of nitrogens with one attached hydrogen (secondary N) is 2. The van der Waals surface area contributed by atoms with Gasteiger partial charge < -0.3 is 10.1 Å². The highest BCUT2D eigenvalue weighted by molar-refractivity contribution is 5.95. The van der Waals surface area contributed by atoms with Crippen LogP contribution in [-0.2, 0) is 11.0 Å². The van der Waals surface area contributed by atoms with Gasteiger partial charge in [-0.15, -0.1) is 0 Å². The molecule has 5 nitrogen and oxygen atoms in total. The number of hydrogen-bond donors (Lipinski definition) is 2. The molecule has 8 heteroatoms. The number of anilines is 1. The van der Waals surface area contributed by atoms with Crippen LogP contribution < -0.4 is 10.1 Å². The molecule has 2 aromatic carbocycles. The van der Waals surface area contributed by atoms with Crippen molar-refractivity contribution in [1.29, 1.82) is 0 Å². The second-order valence-corrected chi connectivity index (χ2v) is 5.84. The third-order valence-electron chi connectivity index (χ3n) is 3.76. The first kappa shape index (κ1) is 18.5. The molecule has 0 unspecified atom stereocenters. The minimum absolute atomic E-state index is 0.203. The van der Waals surface area contributed by atoms with Crippen LogP contribution in [0.15, 0.2) is 54.6 Å². The van der Waals surface area contributed by atoms with Gasteiger partial charge in [-0.2, -0.15) is 18.3 Å². The molecule has 3 aromatic rings. The summed E-state index contributed by atoms with van der Waals surface area (Å²) in [5.41, 5.74) is 0.0825. The van der Waals surface area contributed by atoms with E-state index in [-0.39, 0.29) is 23.6 Å². The monoisotopic (exact) mass is 375 g/mol. The number of alkyl halides is 3. The van der Waals surface area contributed by atoms with Crippen LogP contribution in [0.3, 0.4) is 0 Å². The van der Waals surface area contributed by atoms with Crippen LogP contribution in [0.1, 0.15) is 11.3 Å². The molecule has 27 heavy (non-hydrogen) atoms. The summed E-state index contributed by atoms with van der Waals surface area (Å²) in [6.07, 6.45) is -4.64. The van der Waals surface area contributed by atoms with E-state index in [0.29, 0.717) is 5.75 Å². The lowest BCUT2D eigenvalue weighted by atomic mass is 10.1. The lowest BCUT2D eigenvalue weighted by molar-refractivity contribution is -0.140. The van der Waals surface area contributed by atoms with Gasteiger partial charge in [0.15, 0.2) is 12.4 Å². The van der Waals surface area contributed by atoms with Crippen molar-refractivity contribution in [3.8, 4) is 16.9 Å². The van der Waals surface area contributed by atoms with Crippen LogP contribution >= 0.6 is 0 Å². The van der Waals surface area contributed by atoms with Crippen molar-refractivity contribution in [1.82, 2.24) is 10.2 Å². The number of carbonyl (C=O) groups is 1. The molecule has 0 aliphatic heterocycles. The molecule has 140 valence electrons. The summed E-state index contributed by atoms with van der Waals surface area (Å²) in [6.45, 7) is 1.56. The lowest BCUT2D eigenvalue weighted by Crippen LogP contribution is -2.20. The molecule has 0 spiro atoms. The number of hydrogen-bond acceptors (Lipinski definition) is 3. The van der Waals surface area contributed by atoms with E-state index in [0.717, 1.165) is 5.56 Å². The van der Waals surface area contributed by atoms with Crippen molar-refractivity contribution in [2.75, 3.05) is 11.9 Å². The quantitative estimate of drug-likeness (QED) is 0.694. The molecule has 3 rings (SSSR count). The fourth-order valence-electron chi connectivity index (χ4n) is 2.47. The summed E-state index contributed by atoms with van der Waals surface area (Å²) in [4.78, 5) is 12.1. The standard InChI is InChI=1S/C19H16F3N3O2/c1-12-7-9-14(10-8-12)27-11-15(26)23-18-16(13-5-3-2-4-6-13)17(24-25-18)19(20,21)22/h2-10H,11H2,1H3,(H2,23,24,25,26). The molecule has 0 bridgehead atoms. The minimum atomic E-state index is -4.64. The number of rotatable bonds is 5. The summed E-state index contributed by atoms with van der Waals surface area (Å²) in [5.74, 6) is -0.337. The van der Waals surface area contributed by atoms with Gasteiger partial charge in [-0.1, -0.05) is 48.0 Å². The van der Waals surface area contributed by atoms with Crippen LogP contribution in [0, 0.1) is 6.92 Å². The Bertz CT molecular complexity index is 920. The number of nitrogens with zero attached hydrogens (tertiary/aromatic N) is 1. The van der Waals surface area contributed by atoms with Gasteiger partial charge in [0, 0.05) is 0 Å². The first-order chi connectivity index (χ1) is 12.8. The van der Waals surface area contributed by atoms with E-state index in [1.807, 2.05) is 24.2 Å². The van der Waals surface area contributed by atoms with Gasteiger partial charge >= 0.3 is 6.18 Å². The zero-order chi connectivity index (χ0) is 19.4. The molecule has 1 aromatic heterocycles. The molecular weight excluding hydrogens is 359 g/mol. The fraction of sp³-hybridized carbons (Fsp3) is 0.158. The number of carbonyl (C=O) groups excluding carboxylic acids is 1. The molecule has 0 saturated carbocycles. The Labute approximate surface area is 153 Å². The highest BCUT2D eigenvalue weighted by Crippen LogP contribution is 2.39. The molecular formula is C19H16F3N3O2. The second-order valence-electron chi connectivity index (χ2n) is 5.84. The van der Waals surface area contributed by atoms with Crippen molar-refractivity contribution < 1.29 is 22.7 Å². The van der Waals surface area contributed by atoms with Gasteiger partial charge in [0.2, 0.25) is 0 Å². The summed E-state index contributed by atoms with van der Waals surface area (Å²) >= 11 is 0. The molecule has 0 aliphatic rings. The Morgan fingerprint density at radius 1 is 1.11 bits per heavy atom. The Kier molecular flexibility index (Phi) is 5.16. The number of benzene rings is 2. The van der Waals surface area contributed by atoms with Crippen molar-refractivity contribution in [2.45, 2.75) is 13.1 Å². The minimum Gasteiger partial charge on any atom is -0.484 e. The van der Waals surface area contributed by atoms with E-state index in [1.54, 1.807) is 30.3 Å². The predicted molar refractivity (Wildman–Crippen MR) is 94.3 cm³/mol. The van der Waals surface area contributed by atoms with Gasteiger partial charge in [-0.3, -0.25) is 9.89 Å². The highest BCUT2D eigenvalue weighted by Gasteiger charge is 2.38. The van der Waals surface area contributed by atoms with Gasteiger partial charge in [0.25, 0.3) is 5.91 Å². The van der Waals surface area contributed by atoms with Crippen molar-refractivity contribution in [3.05, 3.63) is 65.9 Å². The average molecular weight is 375 g/mol. The molecule has 0 atom stereocenters. The molecule has 1 amide bonds. The SMILES string of the molecule is Cc1ccc(OCC(=O)Nc2n[nH]c(C(F)(F)F)c2-c2ccccc2)cc1. The number of ether oxygens (including phenoxy) is 1. The van der Waals surface area contributed by atoms with E-state index in [9.17, 15) is 18.0 Å². The van der Waals surface area contributed by atoms with Crippen LogP contribution in [0.5, 0.6) is 5.75 Å². The van der Waals surface area contributed by atoms with E-state index in [1.165, 1.54) is 12.1 Å². The maximum absolute atomic E-state index is 13.3. The van der Waals surface area contributed by atoms with Crippen LogP contribution in [0.25, 0.3) is 11.1 Å². The maximum atomic E-state index is 13.3. The van der Waals surface area contributed by atoms with Gasteiger partial charge in [0.05, 0.1) is 5.56 Å². The van der Waals surface area contributed by atoms with E-state index in [4.69, 9.17) is 4.74 Å². The zero-order valence-electron chi connectivity index (χ0n) is 14.3. The zero-order valence-corrected chi connectivity index (χ0v) is 14.3. The first-order valence-corrected chi connectivity index (χ1v) is 8.05. The second kappa shape index (κ2) is 7.53. The van der Waals surface area contributed by atoms with E-state index < -0.39 is 17.8 Å². The van der Waals surface area contributed by atoms with E-state index >= 15 is 0 Å². The molecule has 2 N–H and O–H groups in total. The smallest absolute Gasteiger partial charge is 0.433 e. The lowest BCUT2D eigenvalue weighted by Gasteiger charge is -2.10. The van der Waals surface area contributed by atoms with Crippen molar-refractivity contribution in [3.63, 3.8) is 0 Å². The van der Waals surface area contributed by atoms with Crippen molar-refractivity contribution >= 4 is 11.7 Å². The van der Waals surface area contributed by atoms with Crippen LogP contribution in [0.4, 0.5) is 19.0 Å². The summed E-state index contributed by atoms with van der Waals surface area (Å²) < 4.78 is 45.2. The summed E-state index contributed by atoms with van der Waals surface area (Å²) in [7, 11) is 0. The molecule has 0 fully saturated rings. The number of aromatic amines is 1. The predicted octanol–water partition coefficient (Wildman–Crippen LogP) is 4.42. The van der Waals surface area contributed by atoms with Crippen LogP contribution in [0.2, 0.25) is 0 Å². The number of halogens is 3. The van der Waals surface area contributed by atoms with E-state index in [2.05, 4.69) is 10.4 Å². The Balaban J connectivity index is 1.79. The van der Waals surface area contributed by atoms with Gasteiger partial charge in [0.1, 0.15) is 11.4 Å². The molecule has 0 aliphatic carbocycles. The molecule has 1 heterocycles. The summed E-state index contributed by atoms with van der Waals surface area (Å²) in [6, 6.07) is 15.0. The van der Waals surface area contributed by atoms with Crippen LogP contribution in [-0.4, -0.2) is 22.7 Å². The first-order valence-electron chi connectivity index (χ1n) is 8.05.